The molecule has 1 fully saturated rings. The summed E-state index contributed by atoms with van der Waals surface area (Å²) in [5, 5.41) is 2.86. The maximum absolute atomic E-state index is 13.0. The molecule has 2 amide bonds. The molecule has 2 unspecified atom stereocenters. The Kier molecular flexibility index (Phi) is 5.74. The fraction of sp³-hybridized carbons (Fsp3) is 0.300. The van der Waals surface area contributed by atoms with E-state index in [9.17, 15) is 9.59 Å². The monoisotopic (exact) mass is 416 g/mol. The van der Waals surface area contributed by atoms with Crippen molar-refractivity contribution in [3.05, 3.63) is 64.1 Å². The molecular weight excluding hydrogens is 396 g/mol. The minimum Gasteiger partial charge on any atom is -0.372 e. The highest BCUT2D eigenvalue weighted by atomic mass is 79.9. The second-order valence-corrected chi connectivity index (χ2v) is 7.39. The van der Waals surface area contributed by atoms with Crippen molar-refractivity contribution in [3.8, 4) is 0 Å². The summed E-state index contributed by atoms with van der Waals surface area (Å²) in [6.45, 7) is 4.99. The predicted molar refractivity (Wildman–Crippen MR) is 104 cm³/mol. The van der Waals surface area contributed by atoms with Crippen LogP contribution in [0, 0.1) is 0 Å². The number of ether oxygens (including phenoxy) is 1. The maximum atomic E-state index is 13.0. The molecule has 0 bridgehead atoms. The molecule has 0 aliphatic carbocycles. The van der Waals surface area contributed by atoms with Gasteiger partial charge in [0.05, 0.1) is 23.5 Å². The first kappa shape index (κ1) is 18.6. The van der Waals surface area contributed by atoms with E-state index in [4.69, 9.17) is 4.74 Å². The van der Waals surface area contributed by atoms with Gasteiger partial charge in [-0.1, -0.05) is 28.1 Å². The maximum Gasteiger partial charge on any atom is 0.256 e. The van der Waals surface area contributed by atoms with E-state index in [1.54, 1.807) is 41.3 Å². The Labute approximate surface area is 161 Å². The number of hydrogen-bond acceptors (Lipinski definition) is 3. The van der Waals surface area contributed by atoms with E-state index in [-0.39, 0.29) is 24.0 Å². The number of carbonyl (C=O) groups is 2. The summed E-state index contributed by atoms with van der Waals surface area (Å²) >= 11 is 3.35. The van der Waals surface area contributed by atoms with Crippen LogP contribution in [0.15, 0.2) is 53.0 Å². The third-order valence-corrected chi connectivity index (χ3v) is 4.75. The summed E-state index contributed by atoms with van der Waals surface area (Å²) in [4.78, 5) is 27.3. The second kappa shape index (κ2) is 8.01. The van der Waals surface area contributed by atoms with Crippen LogP contribution in [0.2, 0.25) is 0 Å². The summed E-state index contributed by atoms with van der Waals surface area (Å²) in [5.41, 5.74) is 1.53. The van der Waals surface area contributed by atoms with Crippen LogP contribution in [0.25, 0.3) is 0 Å². The van der Waals surface area contributed by atoms with Crippen LogP contribution in [-0.4, -0.2) is 42.0 Å². The van der Waals surface area contributed by atoms with Gasteiger partial charge in [-0.25, -0.2) is 0 Å². The van der Waals surface area contributed by atoms with Crippen LogP contribution in [-0.2, 0) is 4.74 Å². The lowest BCUT2D eigenvalue weighted by Crippen LogP contribution is -2.48. The molecule has 2 aromatic carbocycles. The Morgan fingerprint density at radius 1 is 1.04 bits per heavy atom. The number of para-hydroxylation sites is 1. The van der Waals surface area contributed by atoms with E-state index in [1.165, 1.54) is 0 Å². The van der Waals surface area contributed by atoms with Gasteiger partial charge in [-0.15, -0.1) is 0 Å². The van der Waals surface area contributed by atoms with Crippen molar-refractivity contribution in [2.45, 2.75) is 26.1 Å². The summed E-state index contributed by atoms with van der Waals surface area (Å²) in [6.07, 6.45) is -0.0144. The van der Waals surface area contributed by atoms with E-state index in [0.29, 0.717) is 29.9 Å². The number of nitrogens with one attached hydrogen (secondary N) is 1. The molecule has 1 N–H and O–H groups in total. The first-order chi connectivity index (χ1) is 12.4. The number of nitrogens with zero attached hydrogens (tertiary/aromatic N) is 1. The van der Waals surface area contributed by atoms with Gasteiger partial charge in [0, 0.05) is 23.1 Å². The Morgan fingerprint density at radius 2 is 1.65 bits per heavy atom. The number of rotatable bonds is 3. The van der Waals surface area contributed by atoms with Crippen molar-refractivity contribution < 1.29 is 14.3 Å². The molecule has 0 aromatic heterocycles. The minimum absolute atomic E-state index is 0.00720. The third-order valence-electron chi connectivity index (χ3n) is 4.22. The normalized spacial score (nSPS) is 19.9. The Balaban J connectivity index is 1.80. The van der Waals surface area contributed by atoms with Crippen molar-refractivity contribution >= 4 is 33.4 Å². The number of hydrogen-bond donors (Lipinski definition) is 1. The zero-order chi connectivity index (χ0) is 18.7. The molecule has 2 atom stereocenters. The van der Waals surface area contributed by atoms with Gasteiger partial charge in [0.1, 0.15) is 0 Å². The van der Waals surface area contributed by atoms with Crippen molar-refractivity contribution in [3.63, 3.8) is 0 Å². The molecule has 136 valence electrons. The molecule has 26 heavy (non-hydrogen) atoms. The lowest BCUT2D eigenvalue weighted by Gasteiger charge is -2.35. The molecule has 0 saturated carbocycles. The van der Waals surface area contributed by atoms with Crippen molar-refractivity contribution in [1.29, 1.82) is 0 Å². The van der Waals surface area contributed by atoms with Crippen molar-refractivity contribution in [2.75, 3.05) is 18.4 Å². The number of carbonyl (C=O) groups excluding carboxylic acids is 2. The van der Waals surface area contributed by atoms with E-state index in [1.807, 2.05) is 26.0 Å². The fourth-order valence-corrected chi connectivity index (χ4v) is 3.35. The standard InChI is InChI=1S/C20H21BrN2O3/c1-13-11-23(12-14(2)26-13)20(25)17-5-3-4-6-18(17)22-19(24)15-7-9-16(21)10-8-15/h3-10,13-14H,11-12H2,1-2H3,(H,22,24). The highest BCUT2D eigenvalue weighted by molar-refractivity contribution is 9.10. The molecule has 1 saturated heterocycles. The van der Waals surface area contributed by atoms with Gasteiger partial charge in [0.25, 0.3) is 11.8 Å². The smallest absolute Gasteiger partial charge is 0.256 e. The van der Waals surface area contributed by atoms with Gasteiger partial charge in [-0.3, -0.25) is 9.59 Å². The zero-order valence-corrected chi connectivity index (χ0v) is 16.3. The Morgan fingerprint density at radius 3 is 2.31 bits per heavy atom. The predicted octanol–water partition coefficient (Wildman–Crippen LogP) is 3.95. The lowest BCUT2D eigenvalue weighted by molar-refractivity contribution is -0.0585. The van der Waals surface area contributed by atoms with Crippen LogP contribution in [0.5, 0.6) is 0 Å². The quantitative estimate of drug-likeness (QED) is 0.823. The first-order valence-corrected chi connectivity index (χ1v) is 9.34. The van der Waals surface area contributed by atoms with Crippen LogP contribution in [0.3, 0.4) is 0 Å². The van der Waals surface area contributed by atoms with Gasteiger partial charge < -0.3 is 15.0 Å². The number of amides is 2. The second-order valence-electron chi connectivity index (χ2n) is 6.47. The van der Waals surface area contributed by atoms with Crippen LogP contribution >= 0.6 is 15.9 Å². The fourth-order valence-electron chi connectivity index (χ4n) is 3.09. The highest BCUT2D eigenvalue weighted by Gasteiger charge is 2.28. The zero-order valence-electron chi connectivity index (χ0n) is 14.7. The Hall–Kier alpha value is -2.18. The highest BCUT2D eigenvalue weighted by Crippen LogP contribution is 2.21. The van der Waals surface area contributed by atoms with Gasteiger partial charge in [-0.05, 0) is 50.2 Å². The summed E-state index contributed by atoms with van der Waals surface area (Å²) in [5.74, 6) is -0.347. The molecule has 6 heteroatoms. The molecule has 3 rings (SSSR count). The number of benzene rings is 2. The summed E-state index contributed by atoms with van der Waals surface area (Å²) < 4.78 is 6.60. The van der Waals surface area contributed by atoms with E-state index in [0.717, 1.165) is 4.47 Å². The third kappa shape index (κ3) is 4.31. The average molecular weight is 417 g/mol. The van der Waals surface area contributed by atoms with Gasteiger partial charge in [-0.2, -0.15) is 0 Å². The molecule has 1 heterocycles. The van der Waals surface area contributed by atoms with Crippen molar-refractivity contribution in [1.82, 2.24) is 4.90 Å². The molecule has 1 aliphatic rings. The van der Waals surface area contributed by atoms with Crippen molar-refractivity contribution in [2.24, 2.45) is 0 Å². The molecule has 0 spiro atoms. The summed E-state index contributed by atoms with van der Waals surface area (Å²) in [7, 11) is 0. The van der Waals surface area contributed by atoms with Gasteiger partial charge >= 0.3 is 0 Å². The number of anilines is 1. The van der Waals surface area contributed by atoms with E-state index in [2.05, 4.69) is 21.2 Å². The van der Waals surface area contributed by atoms with Crippen LogP contribution in [0.4, 0.5) is 5.69 Å². The van der Waals surface area contributed by atoms with E-state index < -0.39 is 0 Å². The minimum atomic E-state index is -0.249. The summed E-state index contributed by atoms with van der Waals surface area (Å²) in [6, 6.07) is 14.2. The molecule has 1 aliphatic heterocycles. The molecule has 0 radical (unpaired) electrons. The van der Waals surface area contributed by atoms with Gasteiger partial charge in [0.2, 0.25) is 0 Å². The molecule has 2 aromatic rings. The molecule has 5 nitrogen and oxygen atoms in total. The van der Waals surface area contributed by atoms with E-state index >= 15 is 0 Å². The molecular formula is C20H21BrN2O3. The SMILES string of the molecule is CC1CN(C(=O)c2ccccc2NC(=O)c2ccc(Br)cc2)CC(C)O1. The number of halogens is 1. The largest absolute Gasteiger partial charge is 0.372 e. The average Bonchev–Trinajstić information content (AvgIpc) is 2.61. The van der Waals surface area contributed by atoms with Crippen LogP contribution < -0.4 is 5.32 Å². The lowest BCUT2D eigenvalue weighted by atomic mass is 10.1. The van der Waals surface area contributed by atoms with Crippen LogP contribution in [0.1, 0.15) is 34.6 Å². The number of morpholine rings is 1. The van der Waals surface area contributed by atoms with Gasteiger partial charge in [0.15, 0.2) is 0 Å². The topological polar surface area (TPSA) is 58.6 Å². The Bertz CT molecular complexity index is 797. The first-order valence-electron chi connectivity index (χ1n) is 8.54.